The minimum absolute atomic E-state index is 0.430. The maximum atomic E-state index is 10.3. The number of aryl methyl sites for hydroxylation is 2. The molecule has 0 radical (unpaired) electrons. The first-order chi connectivity index (χ1) is 9.65. The van der Waals surface area contributed by atoms with Gasteiger partial charge in [0.25, 0.3) is 0 Å². The summed E-state index contributed by atoms with van der Waals surface area (Å²) in [6.45, 7) is 1.87. The number of benzene rings is 1. The summed E-state index contributed by atoms with van der Waals surface area (Å²) in [6, 6.07) is 8.00. The standard InChI is InChI=1S/C15H16N4O/c1-10-8-17-13(9-16-10)15(20)7-12-11-5-3-4-6-14(11)19(2)18-12/h3-6,8-9,15,20H,7H2,1-2H3. The number of para-hydroxylation sites is 1. The Morgan fingerprint density at radius 1 is 1.20 bits per heavy atom. The fourth-order valence-corrected chi connectivity index (χ4v) is 2.30. The third kappa shape index (κ3) is 2.28. The first-order valence-electron chi connectivity index (χ1n) is 6.52. The second-order valence-corrected chi connectivity index (χ2v) is 4.89. The molecule has 0 aliphatic carbocycles. The molecule has 0 saturated carbocycles. The molecule has 1 atom stereocenters. The van der Waals surface area contributed by atoms with E-state index in [-0.39, 0.29) is 0 Å². The van der Waals surface area contributed by atoms with Gasteiger partial charge >= 0.3 is 0 Å². The first-order valence-corrected chi connectivity index (χ1v) is 6.52. The van der Waals surface area contributed by atoms with Crippen molar-refractivity contribution in [1.29, 1.82) is 0 Å². The maximum Gasteiger partial charge on any atom is 0.103 e. The molecule has 1 aromatic carbocycles. The molecule has 1 N–H and O–H groups in total. The Bertz CT molecular complexity index is 733. The molecule has 5 heteroatoms. The summed E-state index contributed by atoms with van der Waals surface area (Å²) >= 11 is 0. The Morgan fingerprint density at radius 3 is 2.75 bits per heavy atom. The van der Waals surface area contributed by atoms with Crippen molar-refractivity contribution < 1.29 is 5.11 Å². The van der Waals surface area contributed by atoms with Crippen molar-refractivity contribution in [1.82, 2.24) is 19.7 Å². The predicted octanol–water partition coefficient (Wildman–Crippen LogP) is 1.95. The molecule has 0 amide bonds. The van der Waals surface area contributed by atoms with E-state index in [2.05, 4.69) is 15.1 Å². The Hall–Kier alpha value is -2.27. The van der Waals surface area contributed by atoms with Gasteiger partial charge in [0, 0.05) is 25.1 Å². The molecular weight excluding hydrogens is 252 g/mol. The van der Waals surface area contributed by atoms with Crippen LogP contribution >= 0.6 is 0 Å². The molecule has 0 fully saturated rings. The van der Waals surface area contributed by atoms with Crippen LogP contribution < -0.4 is 0 Å². The highest BCUT2D eigenvalue weighted by molar-refractivity contribution is 5.81. The minimum atomic E-state index is -0.693. The van der Waals surface area contributed by atoms with E-state index < -0.39 is 6.10 Å². The number of nitrogens with zero attached hydrogens (tertiary/aromatic N) is 4. The molecule has 3 aromatic rings. The lowest BCUT2D eigenvalue weighted by Gasteiger charge is -2.08. The lowest BCUT2D eigenvalue weighted by Crippen LogP contribution is -2.06. The van der Waals surface area contributed by atoms with Crippen molar-refractivity contribution in [2.45, 2.75) is 19.4 Å². The first kappa shape index (κ1) is 12.7. The van der Waals surface area contributed by atoms with Gasteiger partial charge in [-0.3, -0.25) is 14.6 Å². The zero-order valence-electron chi connectivity index (χ0n) is 11.5. The summed E-state index contributed by atoms with van der Waals surface area (Å²) in [5.41, 5.74) is 3.34. The Balaban J connectivity index is 1.91. The van der Waals surface area contributed by atoms with Crippen LogP contribution in [0.3, 0.4) is 0 Å². The highest BCUT2D eigenvalue weighted by Gasteiger charge is 2.15. The van der Waals surface area contributed by atoms with Crippen LogP contribution in [0.4, 0.5) is 0 Å². The number of rotatable bonds is 3. The number of aliphatic hydroxyl groups excluding tert-OH is 1. The van der Waals surface area contributed by atoms with Gasteiger partial charge in [0.15, 0.2) is 0 Å². The van der Waals surface area contributed by atoms with E-state index in [1.54, 1.807) is 12.4 Å². The zero-order valence-corrected chi connectivity index (χ0v) is 11.5. The van der Waals surface area contributed by atoms with Crippen LogP contribution in [0.15, 0.2) is 36.7 Å². The van der Waals surface area contributed by atoms with Crippen molar-refractivity contribution >= 4 is 10.9 Å². The summed E-state index contributed by atoms with van der Waals surface area (Å²) < 4.78 is 1.83. The fourth-order valence-electron chi connectivity index (χ4n) is 2.30. The topological polar surface area (TPSA) is 63.8 Å². The minimum Gasteiger partial charge on any atom is -0.386 e. The molecule has 0 saturated heterocycles. The van der Waals surface area contributed by atoms with Crippen LogP contribution in [0.5, 0.6) is 0 Å². The highest BCUT2D eigenvalue weighted by Crippen LogP contribution is 2.22. The van der Waals surface area contributed by atoms with Gasteiger partial charge in [-0.25, -0.2) is 0 Å². The number of aromatic nitrogens is 4. The van der Waals surface area contributed by atoms with E-state index in [9.17, 15) is 5.11 Å². The summed E-state index contributed by atoms with van der Waals surface area (Å²) in [4.78, 5) is 8.38. The monoisotopic (exact) mass is 268 g/mol. The largest absolute Gasteiger partial charge is 0.386 e. The van der Waals surface area contributed by atoms with Crippen molar-refractivity contribution in [3.8, 4) is 0 Å². The average molecular weight is 268 g/mol. The summed E-state index contributed by atoms with van der Waals surface area (Å²) in [5, 5.41) is 15.8. The van der Waals surface area contributed by atoms with Gasteiger partial charge in [-0.05, 0) is 13.0 Å². The molecule has 0 aliphatic rings. The quantitative estimate of drug-likeness (QED) is 0.788. The molecular formula is C15H16N4O. The van der Waals surface area contributed by atoms with Crippen LogP contribution in [0.25, 0.3) is 10.9 Å². The van der Waals surface area contributed by atoms with Crippen molar-refractivity contribution in [2.24, 2.45) is 7.05 Å². The Labute approximate surface area is 116 Å². The zero-order chi connectivity index (χ0) is 14.1. The maximum absolute atomic E-state index is 10.3. The van der Waals surface area contributed by atoms with Crippen LogP contribution in [0, 0.1) is 6.92 Å². The molecule has 5 nitrogen and oxygen atoms in total. The van der Waals surface area contributed by atoms with Gasteiger partial charge in [0.1, 0.15) is 6.10 Å². The van der Waals surface area contributed by atoms with E-state index in [1.165, 1.54) is 0 Å². The van der Waals surface area contributed by atoms with Crippen molar-refractivity contribution in [2.75, 3.05) is 0 Å². The van der Waals surface area contributed by atoms with E-state index in [0.29, 0.717) is 12.1 Å². The molecule has 102 valence electrons. The van der Waals surface area contributed by atoms with Crippen LogP contribution in [-0.2, 0) is 13.5 Å². The summed E-state index contributed by atoms with van der Waals surface area (Å²) in [5.74, 6) is 0. The summed E-state index contributed by atoms with van der Waals surface area (Å²) in [6.07, 6.45) is 3.01. The molecule has 1 unspecified atom stereocenters. The predicted molar refractivity (Wildman–Crippen MR) is 76.1 cm³/mol. The Kier molecular flexibility index (Phi) is 3.20. The fraction of sp³-hybridized carbons (Fsp3) is 0.267. The van der Waals surface area contributed by atoms with Gasteiger partial charge in [0.05, 0.1) is 28.8 Å². The average Bonchev–Trinajstić information content (AvgIpc) is 2.77. The van der Waals surface area contributed by atoms with E-state index in [4.69, 9.17) is 0 Å². The normalized spacial score (nSPS) is 12.8. The second kappa shape index (κ2) is 5.02. The number of fused-ring (bicyclic) bond motifs is 1. The number of aliphatic hydroxyl groups is 1. The molecule has 0 spiro atoms. The second-order valence-electron chi connectivity index (χ2n) is 4.89. The van der Waals surface area contributed by atoms with E-state index in [1.807, 2.05) is 42.9 Å². The van der Waals surface area contributed by atoms with Crippen molar-refractivity contribution in [3.05, 3.63) is 53.7 Å². The molecule has 2 heterocycles. The molecule has 3 rings (SSSR count). The smallest absolute Gasteiger partial charge is 0.103 e. The third-order valence-electron chi connectivity index (χ3n) is 3.36. The van der Waals surface area contributed by atoms with Gasteiger partial charge in [-0.15, -0.1) is 0 Å². The van der Waals surface area contributed by atoms with E-state index >= 15 is 0 Å². The molecule has 0 bridgehead atoms. The number of hydrogen-bond acceptors (Lipinski definition) is 4. The van der Waals surface area contributed by atoms with Crippen molar-refractivity contribution in [3.63, 3.8) is 0 Å². The molecule has 0 aliphatic heterocycles. The van der Waals surface area contributed by atoms with Crippen LogP contribution in [0.1, 0.15) is 23.2 Å². The van der Waals surface area contributed by atoms with Gasteiger partial charge in [0.2, 0.25) is 0 Å². The van der Waals surface area contributed by atoms with Gasteiger partial charge in [-0.2, -0.15) is 5.10 Å². The number of hydrogen-bond donors (Lipinski definition) is 1. The highest BCUT2D eigenvalue weighted by atomic mass is 16.3. The molecule has 20 heavy (non-hydrogen) atoms. The lowest BCUT2D eigenvalue weighted by atomic mass is 10.1. The Morgan fingerprint density at radius 2 is 2.00 bits per heavy atom. The summed E-state index contributed by atoms with van der Waals surface area (Å²) in [7, 11) is 1.91. The van der Waals surface area contributed by atoms with Crippen LogP contribution in [0.2, 0.25) is 0 Å². The lowest BCUT2D eigenvalue weighted by molar-refractivity contribution is 0.172. The third-order valence-corrected chi connectivity index (χ3v) is 3.36. The van der Waals surface area contributed by atoms with Gasteiger partial charge < -0.3 is 5.11 Å². The molecule has 2 aromatic heterocycles. The SMILES string of the molecule is Cc1cnc(C(O)Cc2nn(C)c3ccccc23)cn1. The van der Waals surface area contributed by atoms with Crippen LogP contribution in [-0.4, -0.2) is 24.9 Å². The van der Waals surface area contributed by atoms with E-state index in [0.717, 1.165) is 22.3 Å². The van der Waals surface area contributed by atoms with Gasteiger partial charge in [-0.1, -0.05) is 18.2 Å².